The van der Waals surface area contributed by atoms with Gasteiger partial charge in [0.15, 0.2) is 5.11 Å². The number of methoxy groups -OCH3 is 1. The summed E-state index contributed by atoms with van der Waals surface area (Å²) < 4.78 is 13.6. The smallest absolute Gasteiger partial charge is 0.174 e. The number of benzene rings is 3. The largest absolute Gasteiger partial charge is 0.497 e. The molecule has 3 heterocycles. The van der Waals surface area contributed by atoms with Crippen molar-refractivity contribution in [2.24, 2.45) is 0 Å². The van der Waals surface area contributed by atoms with Crippen molar-refractivity contribution in [3.8, 4) is 22.9 Å². The Bertz CT molecular complexity index is 1570. The molecule has 1 N–H and O–H groups in total. The summed E-state index contributed by atoms with van der Waals surface area (Å²) in [5.74, 6) is 2.38. The summed E-state index contributed by atoms with van der Waals surface area (Å²) in [5.41, 5.74) is 5.21. The van der Waals surface area contributed by atoms with Crippen LogP contribution in [-0.4, -0.2) is 21.8 Å². The van der Waals surface area contributed by atoms with E-state index in [9.17, 15) is 0 Å². The molecule has 7 heteroatoms. The Labute approximate surface area is 233 Å². The molecule has 39 heavy (non-hydrogen) atoms. The summed E-state index contributed by atoms with van der Waals surface area (Å²) >= 11 is 5.92. The Morgan fingerprint density at radius 1 is 0.769 bits per heavy atom. The second kappa shape index (κ2) is 10.6. The third kappa shape index (κ3) is 4.96. The van der Waals surface area contributed by atoms with Crippen LogP contribution in [0.3, 0.4) is 0 Å². The quantitative estimate of drug-likeness (QED) is 0.225. The molecule has 0 amide bonds. The van der Waals surface area contributed by atoms with Gasteiger partial charge in [0.25, 0.3) is 0 Å². The van der Waals surface area contributed by atoms with Crippen LogP contribution < -0.4 is 19.7 Å². The van der Waals surface area contributed by atoms with E-state index in [4.69, 9.17) is 21.7 Å². The molecule has 3 aromatic carbocycles. The maximum Gasteiger partial charge on any atom is 0.174 e. The first-order valence-electron chi connectivity index (χ1n) is 12.8. The van der Waals surface area contributed by atoms with Crippen LogP contribution in [0.2, 0.25) is 0 Å². The first-order chi connectivity index (χ1) is 19.1. The highest BCUT2D eigenvalue weighted by Crippen LogP contribution is 2.42. The summed E-state index contributed by atoms with van der Waals surface area (Å²) in [6.45, 7) is 2.06. The molecule has 1 aliphatic rings. The van der Waals surface area contributed by atoms with E-state index in [2.05, 4.69) is 57.2 Å². The number of hydrogen-bond donors (Lipinski definition) is 1. The molecule has 1 fully saturated rings. The fourth-order valence-corrected chi connectivity index (χ4v) is 5.31. The van der Waals surface area contributed by atoms with E-state index in [1.54, 1.807) is 7.11 Å². The van der Waals surface area contributed by atoms with Crippen LogP contribution in [0.5, 0.6) is 17.2 Å². The fourth-order valence-electron chi connectivity index (χ4n) is 4.96. The van der Waals surface area contributed by atoms with E-state index in [1.165, 1.54) is 5.56 Å². The number of pyridine rings is 1. The molecule has 0 spiro atoms. The monoisotopic (exact) mass is 532 g/mol. The Morgan fingerprint density at radius 2 is 1.44 bits per heavy atom. The number of hydrogen-bond acceptors (Lipinski definition) is 4. The minimum Gasteiger partial charge on any atom is -0.497 e. The highest BCUT2D eigenvalue weighted by atomic mass is 32.1. The standard InChI is InChI=1S/C32H28N4O2S/c1-22-8-14-26(15-9-22)38-27-18-12-24(13-19-27)36-31(30(34-32(36)39)28-6-3-4-20-33-28)29-7-5-21-35(29)23-10-16-25(37-2)17-11-23/h3-21,30-31H,1-2H3,(H,34,39)/t30-,31+/m1/s1. The van der Waals surface area contributed by atoms with Gasteiger partial charge in [-0.15, -0.1) is 0 Å². The lowest BCUT2D eigenvalue weighted by Gasteiger charge is -2.29. The molecule has 5 aromatic rings. The predicted molar refractivity (Wildman–Crippen MR) is 158 cm³/mol. The lowest BCUT2D eigenvalue weighted by atomic mass is 10.0. The van der Waals surface area contributed by atoms with Crippen LogP contribution >= 0.6 is 12.2 Å². The van der Waals surface area contributed by atoms with Crippen molar-refractivity contribution in [1.29, 1.82) is 0 Å². The number of ether oxygens (including phenoxy) is 2. The molecule has 0 unspecified atom stereocenters. The van der Waals surface area contributed by atoms with Gasteiger partial charge in [-0.2, -0.15) is 0 Å². The zero-order chi connectivity index (χ0) is 26.8. The summed E-state index contributed by atoms with van der Waals surface area (Å²) in [5, 5.41) is 4.19. The number of rotatable bonds is 7. The highest BCUT2D eigenvalue weighted by molar-refractivity contribution is 7.80. The van der Waals surface area contributed by atoms with Crippen LogP contribution in [0, 0.1) is 6.92 Å². The van der Waals surface area contributed by atoms with Crippen molar-refractivity contribution in [2.75, 3.05) is 12.0 Å². The summed E-state index contributed by atoms with van der Waals surface area (Å²) in [7, 11) is 1.67. The molecule has 194 valence electrons. The van der Waals surface area contributed by atoms with Gasteiger partial charge in [0, 0.05) is 29.5 Å². The molecule has 2 aromatic heterocycles. The van der Waals surface area contributed by atoms with Gasteiger partial charge in [0.1, 0.15) is 23.3 Å². The molecule has 1 saturated heterocycles. The SMILES string of the molecule is COc1ccc(-n2cccc2[C@H]2[C@@H](c3ccccn3)NC(=S)N2c2ccc(Oc3ccc(C)cc3)cc2)cc1. The molecule has 0 aliphatic carbocycles. The zero-order valence-electron chi connectivity index (χ0n) is 21.7. The molecular formula is C32H28N4O2S. The Balaban J connectivity index is 1.38. The van der Waals surface area contributed by atoms with E-state index < -0.39 is 0 Å². The van der Waals surface area contributed by atoms with Crippen molar-refractivity contribution in [3.63, 3.8) is 0 Å². The highest BCUT2D eigenvalue weighted by Gasteiger charge is 2.42. The van der Waals surface area contributed by atoms with Gasteiger partial charge in [0.2, 0.25) is 0 Å². The van der Waals surface area contributed by atoms with Crippen molar-refractivity contribution in [2.45, 2.75) is 19.0 Å². The van der Waals surface area contributed by atoms with Crippen molar-refractivity contribution >= 4 is 23.0 Å². The molecule has 6 nitrogen and oxygen atoms in total. The van der Waals surface area contributed by atoms with Gasteiger partial charge in [-0.05, 0) is 104 Å². The van der Waals surface area contributed by atoms with Crippen LogP contribution in [0.15, 0.2) is 116 Å². The van der Waals surface area contributed by atoms with Crippen molar-refractivity contribution in [3.05, 3.63) is 132 Å². The van der Waals surface area contributed by atoms with Gasteiger partial charge in [-0.25, -0.2) is 0 Å². The molecule has 0 bridgehead atoms. The number of aryl methyl sites for hydroxylation is 1. The predicted octanol–water partition coefficient (Wildman–Crippen LogP) is 7.16. The second-order valence-corrected chi connectivity index (χ2v) is 9.79. The number of anilines is 1. The summed E-state index contributed by atoms with van der Waals surface area (Å²) in [6, 6.07) is 34.0. The molecule has 6 rings (SSSR count). The minimum absolute atomic E-state index is 0.144. The number of thiocarbonyl (C=S) groups is 1. The summed E-state index contributed by atoms with van der Waals surface area (Å²) in [4.78, 5) is 6.85. The van der Waals surface area contributed by atoms with Crippen LogP contribution in [-0.2, 0) is 0 Å². The lowest BCUT2D eigenvalue weighted by molar-refractivity contribution is 0.414. The average molecular weight is 533 g/mol. The average Bonchev–Trinajstić information content (AvgIpc) is 3.59. The first-order valence-corrected chi connectivity index (χ1v) is 13.2. The van der Waals surface area contributed by atoms with Crippen molar-refractivity contribution < 1.29 is 9.47 Å². The first kappa shape index (κ1) is 24.7. The van der Waals surface area contributed by atoms with Crippen LogP contribution in [0.4, 0.5) is 5.69 Å². The Kier molecular flexibility index (Phi) is 6.73. The number of aromatic nitrogens is 2. The topological polar surface area (TPSA) is 51.5 Å². The number of nitrogens with zero attached hydrogens (tertiary/aromatic N) is 3. The lowest BCUT2D eigenvalue weighted by Crippen LogP contribution is -2.30. The third-order valence-corrected chi connectivity index (χ3v) is 7.22. The Hall–Kier alpha value is -4.62. The van der Waals surface area contributed by atoms with Gasteiger partial charge in [-0.3, -0.25) is 4.98 Å². The second-order valence-electron chi connectivity index (χ2n) is 9.41. The third-order valence-electron chi connectivity index (χ3n) is 6.90. The Morgan fingerprint density at radius 3 is 2.10 bits per heavy atom. The van der Waals surface area contributed by atoms with Gasteiger partial charge >= 0.3 is 0 Å². The van der Waals surface area contributed by atoms with E-state index in [0.29, 0.717) is 5.11 Å². The molecular weight excluding hydrogens is 504 g/mol. The summed E-state index contributed by atoms with van der Waals surface area (Å²) in [6.07, 6.45) is 3.89. The normalized spacial score (nSPS) is 16.7. The molecule has 0 radical (unpaired) electrons. The van der Waals surface area contributed by atoms with Crippen LogP contribution in [0.25, 0.3) is 5.69 Å². The fraction of sp³-hybridized carbons (Fsp3) is 0.125. The minimum atomic E-state index is -0.145. The maximum atomic E-state index is 6.07. The van der Waals surface area contributed by atoms with Crippen LogP contribution in [0.1, 0.15) is 29.0 Å². The maximum absolute atomic E-state index is 6.07. The van der Waals surface area contributed by atoms with Gasteiger partial charge in [-0.1, -0.05) is 23.8 Å². The van der Waals surface area contributed by atoms with E-state index >= 15 is 0 Å². The van der Waals surface area contributed by atoms with E-state index in [0.717, 1.165) is 40.0 Å². The van der Waals surface area contributed by atoms with Crippen molar-refractivity contribution in [1.82, 2.24) is 14.9 Å². The zero-order valence-corrected chi connectivity index (χ0v) is 22.5. The van der Waals surface area contributed by atoms with Gasteiger partial charge < -0.3 is 24.3 Å². The van der Waals surface area contributed by atoms with E-state index in [1.807, 2.05) is 85.1 Å². The number of nitrogens with one attached hydrogen (secondary N) is 1. The van der Waals surface area contributed by atoms with Gasteiger partial charge in [0.05, 0.1) is 18.8 Å². The molecule has 2 atom stereocenters. The molecule has 1 aliphatic heterocycles. The molecule has 0 saturated carbocycles. The van der Waals surface area contributed by atoms with E-state index in [-0.39, 0.29) is 12.1 Å².